The van der Waals surface area contributed by atoms with Crippen LogP contribution in [0.4, 0.5) is 0 Å². The van der Waals surface area contributed by atoms with Crippen LogP contribution in [-0.4, -0.2) is 53.0 Å². The van der Waals surface area contributed by atoms with E-state index in [-0.39, 0.29) is 23.2 Å². The first-order valence-corrected chi connectivity index (χ1v) is 9.40. The van der Waals surface area contributed by atoms with Crippen molar-refractivity contribution in [3.8, 4) is 0 Å². The van der Waals surface area contributed by atoms with Crippen LogP contribution in [0.25, 0.3) is 5.78 Å². The molecule has 0 radical (unpaired) electrons. The molecule has 1 fully saturated rings. The topological polar surface area (TPSA) is 101 Å². The molecular formula is C18H23N7O2. The number of unbranched alkanes of at least 4 members (excludes halogenated alkanes) is 1. The highest BCUT2D eigenvalue weighted by Gasteiger charge is 2.29. The van der Waals surface area contributed by atoms with Crippen LogP contribution in [-0.2, 0) is 6.54 Å². The molecule has 1 atom stereocenters. The normalized spacial score (nSPS) is 17.5. The first-order valence-electron chi connectivity index (χ1n) is 9.40. The summed E-state index contributed by atoms with van der Waals surface area (Å²) in [5.74, 6) is 1.18. The molecule has 0 aromatic carbocycles. The van der Waals surface area contributed by atoms with Crippen molar-refractivity contribution in [1.29, 1.82) is 0 Å². The summed E-state index contributed by atoms with van der Waals surface area (Å²) in [6, 6.07) is 0. The number of carbonyl (C=O) groups is 1. The van der Waals surface area contributed by atoms with Gasteiger partial charge in [-0.1, -0.05) is 13.3 Å². The van der Waals surface area contributed by atoms with E-state index in [2.05, 4.69) is 31.5 Å². The van der Waals surface area contributed by atoms with Crippen LogP contribution in [0.3, 0.4) is 0 Å². The van der Waals surface area contributed by atoms with Crippen LogP contribution in [0, 0.1) is 0 Å². The maximum absolute atomic E-state index is 13.0. The summed E-state index contributed by atoms with van der Waals surface area (Å²) in [6.07, 6.45) is 10.6. The highest BCUT2D eigenvalue weighted by atomic mass is 16.2. The Morgan fingerprint density at radius 1 is 1.33 bits per heavy atom. The lowest BCUT2D eigenvalue weighted by atomic mass is 9.96. The molecule has 4 rings (SSSR count). The van der Waals surface area contributed by atoms with Crippen LogP contribution in [0.1, 0.15) is 54.7 Å². The summed E-state index contributed by atoms with van der Waals surface area (Å²) in [5, 5.41) is 2.69. The van der Waals surface area contributed by atoms with Crippen LogP contribution < -0.4 is 5.56 Å². The van der Waals surface area contributed by atoms with Gasteiger partial charge in [-0.3, -0.25) is 14.7 Å². The number of nitrogens with one attached hydrogen (secondary N) is 1. The van der Waals surface area contributed by atoms with Crippen molar-refractivity contribution in [2.24, 2.45) is 0 Å². The van der Waals surface area contributed by atoms with E-state index in [4.69, 9.17) is 0 Å². The lowest BCUT2D eigenvalue weighted by Gasteiger charge is -2.32. The molecule has 142 valence electrons. The average molecular weight is 369 g/mol. The Balaban J connectivity index is 1.56. The number of aromatic nitrogens is 6. The van der Waals surface area contributed by atoms with Gasteiger partial charge in [0.05, 0.1) is 0 Å². The second-order valence-corrected chi connectivity index (χ2v) is 6.92. The molecule has 27 heavy (non-hydrogen) atoms. The number of H-pyrrole nitrogens is 1. The zero-order valence-electron chi connectivity index (χ0n) is 15.3. The predicted molar refractivity (Wildman–Crippen MR) is 98.6 cm³/mol. The summed E-state index contributed by atoms with van der Waals surface area (Å²) < 4.78 is 3.38. The maximum atomic E-state index is 13.0. The van der Waals surface area contributed by atoms with Gasteiger partial charge in [-0.15, -0.1) is 0 Å². The Morgan fingerprint density at radius 2 is 2.22 bits per heavy atom. The third kappa shape index (κ3) is 3.24. The smallest absolute Gasteiger partial charge is 0.286 e. The van der Waals surface area contributed by atoms with E-state index in [1.807, 2.05) is 12.4 Å². The van der Waals surface area contributed by atoms with Gasteiger partial charge in [0.1, 0.15) is 17.7 Å². The van der Waals surface area contributed by atoms with E-state index < -0.39 is 5.56 Å². The number of fused-ring (bicyclic) bond motifs is 1. The Bertz CT molecular complexity index is 1000. The first-order chi connectivity index (χ1) is 13.2. The number of imidazole rings is 1. The molecule has 1 aliphatic rings. The van der Waals surface area contributed by atoms with Gasteiger partial charge >= 0.3 is 0 Å². The van der Waals surface area contributed by atoms with E-state index in [0.29, 0.717) is 13.1 Å². The Labute approximate surface area is 156 Å². The van der Waals surface area contributed by atoms with Crippen molar-refractivity contribution in [3.63, 3.8) is 0 Å². The van der Waals surface area contributed by atoms with Crippen LogP contribution >= 0.6 is 0 Å². The SMILES string of the molecule is CCCCn1ccnc1[C@H]1CCCN(C(=O)c2cnc3nc[nH]n3c2=O)C1. The van der Waals surface area contributed by atoms with Crippen molar-refractivity contribution in [3.05, 3.63) is 46.7 Å². The lowest BCUT2D eigenvalue weighted by Crippen LogP contribution is -2.42. The largest absolute Gasteiger partial charge is 0.338 e. The molecular weight excluding hydrogens is 346 g/mol. The molecule has 0 aliphatic carbocycles. The fourth-order valence-electron chi connectivity index (χ4n) is 3.69. The number of piperidine rings is 1. The van der Waals surface area contributed by atoms with Gasteiger partial charge in [0, 0.05) is 44.1 Å². The van der Waals surface area contributed by atoms with E-state index >= 15 is 0 Å². The molecule has 0 bridgehead atoms. The van der Waals surface area contributed by atoms with Gasteiger partial charge in [-0.25, -0.2) is 15.0 Å². The van der Waals surface area contributed by atoms with E-state index in [1.165, 1.54) is 17.0 Å². The van der Waals surface area contributed by atoms with Gasteiger partial charge in [0.25, 0.3) is 17.2 Å². The Hall–Kier alpha value is -2.97. The number of likely N-dealkylation sites (tertiary alicyclic amines) is 1. The fourth-order valence-corrected chi connectivity index (χ4v) is 3.69. The van der Waals surface area contributed by atoms with Crippen molar-refractivity contribution in [2.75, 3.05) is 13.1 Å². The molecule has 0 spiro atoms. The third-order valence-electron chi connectivity index (χ3n) is 5.11. The number of aryl methyl sites for hydroxylation is 1. The molecule has 1 amide bonds. The quantitative estimate of drug-likeness (QED) is 0.733. The molecule has 9 heteroatoms. The predicted octanol–water partition coefficient (Wildman–Crippen LogP) is 1.43. The summed E-state index contributed by atoms with van der Waals surface area (Å²) in [7, 11) is 0. The Morgan fingerprint density at radius 3 is 3.07 bits per heavy atom. The molecule has 0 saturated carbocycles. The zero-order chi connectivity index (χ0) is 18.8. The molecule has 9 nitrogen and oxygen atoms in total. The number of hydrogen-bond acceptors (Lipinski definition) is 5. The van der Waals surface area contributed by atoms with Crippen LogP contribution in [0.15, 0.2) is 29.7 Å². The minimum Gasteiger partial charge on any atom is -0.338 e. The molecule has 0 unspecified atom stereocenters. The molecule has 1 N–H and O–H groups in total. The number of hydrogen-bond donors (Lipinski definition) is 1. The standard InChI is InChI=1S/C18H23N7O2/c1-2-3-7-23-9-6-19-15(23)13-5-4-8-24(11-13)16(26)14-10-20-18-21-12-22-25(18)17(14)27/h6,9-10,12-13H,2-5,7-8,11H2,1H3,(H,20,21,22)/t13-/m0/s1. The number of aromatic amines is 1. The highest BCUT2D eigenvalue weighted by Crippen LogP contribution is 2.26. The summed E-state index contributed by atoms with van der Waals surface area (Å²) in [5.41, 5.74) is -0.360. The van der Waals surface area contributed by atoms with Crippen molar-refractivity contribution in [1.82, 2.24) is 34.0 Å². The van der Waals surface area contributed by atoms with Gasteiger partial charge in [0.15, 0.2) is 0 Å². The molecule has 1 aliphatic heterocycles. The van der Waals surface area contributed by atoms with E-state index in [1.54, 1.807) is 4.90 Å². The van der Waals surface area contributed by atoms with Gasteiger partial charge in [-0.2, -0.15) is 4.52 Å². The second kappa shape index (κ2) is 7.34. The molecule has 4 heterocycles. The van der Waals surface area contributed by atoms with Gasteiger partial charge < -0.3 is 9.47 Å². The molecule has 3 aromatic heterocycles. The summed E-state index contributed by atoms with van der Waals surface area (Å²) in [6.45, 7) is 4.31. The molecule has 3 aromatic rings. The minimum absolute atomic E-state index is 0.0618. The molecule has 1 saturated heterocycles. The van der Waals surface area contributed by atoms with Crippen molar-refractivity contribution >= 4 is 11.7 Å². The van der Waals surface area contributed by atoms with Gasteiger partial charge in [-0.05, 0) is 19.3 Å². The highest BCUT2D eigenvalue weighted by molar-refractivity contribution is 5.93. The first kappa shape index (κ1) is 17.4. The van der Waals surface area contributed by atoms with Crippen molar-refractivity contribution < 1.29 is 4.79 Å². The minimum atomic E-state index is -0.422. The van der Waals surface area contributed by atoms with Crippen molar-refractivity contribution in [2.45, 2.75) is 45.1 Å². The number of rotatable bonds is 5. The van der Waals surface area contributed by atoms with E-state index in [0.717, 1.165) is 38.1 Å². The fraction of sp³-hybridized carbons (Fsp3) is 0.500. The average Bonchev–Trinajstić information content (AvgIpc) is 3.36. The second-order valence-electron chi connectivity index (χ2n) is 6.92. The Kier molecular flexibility index (Phi) is 4.74. The number of nitrogens with zero attached hydrogens (tertiary/aromatic N) is 6. The van der Waals surface area contributed by atoms with Crippen LogP contribution in [0.2, 0.25) is 0 Å². The zero-order valence-corrected chi connectivity index (χ0v) is 15.3. The maximum Gasteiger partial charge on any atom is 0.286 e. The summed E-state index contributed by atoms with van der Waals surface area (Å²) >= 11 is 0. The monoisotopic (exact) mass is 369 g/mol. The third-order valence-corrected chi connectivity index (χ3v) is 5.11. The number of amides is 1. The van der Waals surface area contributed by atoms with Gasteiger partial charge in [0.2, 0.25) is 0 Å². The lowest BCUT2D eigenvalue weighted by molar-refractivity contribution is 0.0700. The number of carbonyl (C=O) groups excluding carboxylic acids is 1. The van der Waals surface area contributed by atoms with E-state index in [9.17, 15) is 9.59 Å². The summed E-state index contributed by atoms with van der Waals surface area (Å²) in [4.78, 5) is 39.8. The van der Waals surface area contributed by atoms with Crippen LogP contribution in [0.5, 0.6) is 0 Å².